The van der Waals surface area contributed by atoms with E-state index < -0.39 is 6.10 Å². The zero-order chi connectivity index (χ0) is 11.5. The lowest BCUT2D eigenvalue weighted by atomic mass is 10.2. The van der Waals surface area contributed by atoms with Crippen LogP contribution in [-0.4, -0.2) is 34.9 Å². The molecule has 0 radical (unpaired) electrons. The van der Waals surface area contributed by atoms with Crippen molar-refractivity contribution >= 4 is 34.8 Å². The summed E-state index contributed by atoms with van der Waals surface area (Å²) in [7, 11) is 0. The molecule has 2 heterocycles. The number of nitrogens with one attached hydrogen (secondary N) is 1. The SMILES string of the molecule is Cc1nnc(NC(=O)[C@@H]2CC[C@H](CN)O2)s1.Cl. The number of halogens is 1. The highest BCUT2D eigenvalue weighted by Crippen LogP contribution is 2.21. The fraction of sp³-hybridized carbons (Fsp3) is 0.667. The number of ether oxygens (including phenoxy) is 1. The van der Waals surface area contributed by atoms with Gasteiger partial charge in [0, 0.05) is 6.54 Å². The molecule has 2 atom stereocenters. The summed E-state index contributed by atoms with van der Waals surface area (Å²) in [5.41, 5.74) is 5.48. The smallest absolute Gasteiger partial charge is 0.255 e. The van der Waals surface area contributed by atoms with Gasteiger partial charge in [0.2, 0.25) is 5.13 Å². The van der Waals surface area contributed by atoms with Gasteiger partial charge in [0.05, 0.1) is 6.10 Å². The number of anilines is 1. The number of rotatable bonds is 3. The highest BCUT2D eigenvalue weighted by molar-refractivity contribution is 7.15. The van der Waals surface area contributed by atoms with E-state index in [1.54, 1.807) is 0 Å². The van der Waals surface area contributed by atoms with E-state index in [0.29, 0.717) is 18.1 Å². The Kier molecular flexibility index (Phi) is 5.26. The average molecular weight is 279 g/mol. The minimum absolute atomic E-state index is 0. The fourth-order valence-corrected chi connectivity index (χ4v) is 2.20. The number of hydrogen-bond donors (Lipinski definition) is 2. The molecule has 8 heteroatoms. The summed E-state index contributed by atoms with van der Waals surface area (Å²) >= 11 is 1.35. The molecule has 0 saturated carbocycles. The maximum absolute atomic E-state index is 11.7. The van der Waals surface area contributed by atoms with Gasteiger partial charge in [-0.3, -0.25) is 10.1 Å². The van der Waals surface area contributed by atoms with E-state index in [1.165, 1.54) is 11.3 Å². The van der Waals surface area contributed by atoms with E-state index in [-0.39, 0.29) is 24.4 Å². The molecule has 1 saturated heterocycles. The minimum Gasteiger partial charge on any atom is -0.364 e. The molecule has 0 unspecified atom stereocenters. The van der Waals surface area contributed by atoms with Crippen LogP contribution < -0.4 is 11.1 Å². The lowest BCUT2D eigenvalue weighted by molar-refractivity contribution is -0.126. The number of aromatic nitrogens is 2. The van der Waals surface area contributed by atoms with Crippen molar-refractivity contribution in [3.8, 4) is 0 Å². The average Bonchev–Trinajstić information content (AvgIpc) is 2.87. The molecule has 0 aromatic carbocycles. The Hall–Kier alpha value is -0.760. The van der Waals surface area contributed by atoms with Gasteiger partial charge < -0.3 is 10.5 Å². The first kappa shape index (κ1) is 14.3. The third-order valence-electron chi connectivity index (χ3n) is 2.42. The van der Waals surface area contributed by atoms with Crippen molar-refractivity contribution in [1.29, 1.82) is 0 Å². The van der Waals surface area contributed by atoms with E-state index >= 15 is 0 Å². The molecule has 1 fully saturated rings. The van der Waals surface area contributed by atoms with Crippen LogP contribution in [-0.2, 0) is 9.53 Å². The number of amides is 1. The molecule has 1 aromatic rings. The van der Waals surface area contributed by atoms with Gasteiger partial charge in [-0.2, -0.15) is 0 Å². The quantitative estimate of drug-likeness (QED) is 0.850. The summed E-state index contributed by atoms with van der Waals surface area (Å²) in [5.74, 6) is -0.160. The predicted molar refractivity (Wildman–Crippen MR) is 67.5 cm³/mol. The lowest BCUT2D eigenvalue weighted by Gasteiger charge is -2.10. The molecule has 0 aliphatic carbocycles. The standard InChI is InChI=1S/C9H14N4O2S.ClH/c1-5-12-13-9(16-5)11-8(14)7-3-2-6(4-10)15-7;/h6-7H,2-4,10H2,1H3,(H,11,13,14);1H/t6-,7+;/m1./s1. The Labute approximate surface area is 109 Å². The van der Waals surface area contributed by atoms with E-state index in [1.807, 2.05) is 6.92 Å². The van der Waals surface area contributed by atoms with Crippen LogP contribution in [0.5, 0.6) is 0 Å². The summed E-state index contributed by atoms with van der Waals surface area (Å²) in [6, 6.07) is 0. The molecular formula is C9H15ClN4O2S. The van der Waals surface area contributed by atoms with Crippen molar-refractivity contribution in [2.45, 2.75) is 32.0 Å². The molecular weight excluding hydrogens is 264 g/mol. The summed E-state index contributed by atoms with van der Waals surface area (Å²) < 4.78 is 5.47. The second-order valence-electron chi connectivity index (χ2n) is 3.68. The number of carbonyl (C=O) groups excluding carboxylic acids is 1. The van der Waals surface area contributed by atoms with Crippen molar-refractivity contribution in [2.24, 2.45) is 5.73 Å². The monoisotopic (exact) mass is 278 g/mol. The van der Waals surface area contributed by atoms with Crippen molar-refractivity contribution in [3.63, 3.8) is 0 Å². The Morgan fingerprint density at radius 3 is 2.88 bits per heavy atom. The summed E-state index contributed by atoms with van der Waals surface area (Å²) in [6.45, 7) is 2.30. The van der Waals surface area contributed by atoms with Gasteiger partial charge in [-0.25, -0.2) is 0 Å². The van der Waals surface area contributed by atoms with Gasteiger partial charge in [0.15, 0.2) is 0 Å². The third kappa shape index (κ3) is 3.60. The Morgan fingerprint density at radius 1 is 1.59 bits per heavy atom. The summed E-state index contributed by atoms with van der Waals surface area (Å²) in [4.78, 5) is 11.7. The van der Waals surface area contributed by atoms with Crippen molar-refractivity contribution in [2.75, 3.05) is 11.9 Å². The first-order valence-electron chi connectivity index (χ1n) is 5.15. The first-order valence-corrected chi connectivity index (χ1v) is 5.97. The Bertz CT molecular complexity index is 387. The van der Waals surface area contributed by atoms with Gasteiger partial charge in [-0.1, -0.05) is 11.3 Å². The summed E-state index contributed by atoms with van der Waals surface area (Å²) in [6.07, 6.45) is 1.15. The zero-order valence-electron chi connectivity index (χ0n) is 9.38. The van der Waals surface area contributed by atoms with Gasteiger partial charge in [-0.05, 0) is 19.8 Å². The van der Waals surface area contributed by atoms with E-state index in [0.717, 1.165) is 11.4 Å². The molecule has 1 aromatic heterocycles. The molecule has 0 spiro atoms. The van der Waals surface area contributed by atoms with Gasteiger partial charge in [0.25, 0.3) is 5.91 Å². The van der Waals surface area contributed by atoms with Crippen molar-refractivity contribution in [3.05, 3.63) is 5.01 Å². The van der Waals surface area contributed by atoms with Crippen LogP contribution in [0.1, 0.15) is 17.8 Å². The minimum atomic E-state index is -0.405. The Morgan fingerprint density at radius 2 is 2.35 bits per heavy atom. The van der Waals surface area contributed by atoms with E-state index in [9.17, 15) is 4.79 Å². The van der Waals surface area contributed by atoms with Gasteiger partial charge in [0.1, 0.15) is 11.1 Å². The maximum Gasteiger partial charge on any atom is 0.255 e. The van der Waals surface area contributed by atoms with Crippen LogP contribution in [0.4, 0.5) is 5.13 Å². The number of aryl methyl sites for hydroxylation is 1. The molecule has 1 aliphatic heterocycles. The number of hydrogen-bond acceptors (Lipinski definition) is 6. The van der Waals surface area contributed by atoms with Crippen LogP contribution in [0.25, 0.3) is 0 Å². The van der Waals surface area contributed by atoms with Crippen LogP contribution in [0.2, 0.25) is 0 Å². The van der Waals surface area contributed by atoms with Crippen LogP contribution in [0.15, 0.2) is 0 Å². The molecule has 6 nitrogen and oxygen atoms in total. The highest BCUT2D eigenvalue weighted by atomic mass is 35.5. The van der Waals surface area contributed by atoms with Crippen LogP contribution in [0, 0.1) is 6.92 Å². The molecule has 0 bridgehead atoms. The second-order valence-corrected chi connectivity index (χ2v) is 4.86. The molecule has 96 valence electrons. The summed E-state index contributed by atoms with van der Waals surface area (Å²) in [5, 5.41) is 11.7. The second kappa shape index (κ2) is 6.25. The van der Waals surface area contributed by atoms with Crippen molar-refractivity contribution in [1.82, 2.24) is 10.2 Å². The fourth-order valence-electron chi connectivity index (χ4n) is 1.60. The molecule has 1 aliphatic rings. The molecule has 2 rings (SSSR count). The van der Waals surface area contributed by atoms with E-state index in [4.69, 9.17) is 10.5 Å². The number of nitrogens with two attached hydrogens (primary N) is 1. The number of nitrogens with zero attached hydrogens (tertiary/aromatic N) is 2. The maximum atomic E-state index is 11.7. The topological polar surface area (TPSA) is 90.1 Å². The lowest BCUT2D eigenvalue weighted by Crippen LogP contribution is -2.29. The third-order valence-corrected chi connectivity index (χ3v) is 3.17. The molecule has 17 heavy (non-hydrogen) atoms. The zero-order valence-corrected chi connectivity index (χ0v) is 11.0. The first-order chi connectivity index (χ1) is 7.69. The molecule has 1 amide bonds. The van der Waals surface area contributed by atoms with Crippen molar-refractivity contribution < 1.29 is 9.53 Å². The molecule has 3 N–H and O–H groups in total. The van der Waals surface area contributed by atoms with Crippen LogP contribution in [0.3, 0.4) is 0 Å². The predicted octanol–water partition coefficient (Wildman–Crippen LogP) is 0.713. The Balaban J connectivity index is 0.00000144. The largest absolute Gasteiger partial charge is 0.364 e. The van der Waals surface area contributed by atoms with E-state index in [2.05, 4.69) is 15.5 Å². The van der Waals surface area contributed by atoms with Gasteiger partial charge in [-0.15, -0.1) is 22.6 Å². The number of carbonyl (C=O) groups is 1. The normalized spacial score (nSPS) is 23.2. The highest BCUT2D eigenvalue weighted by Gasteiger charge is 2.30. The van der Waals surface area contributed by atoms with Crippen LogP contribution >= 0.6 is 23.7 Å². The van der Waals surface area contributed by atoms with Gasteiger partial charge >= 0.3 is 0 Å².